The predicted molar refractivity (Wildman–Crippen MR) is 95.2 cm³/mol. The van der Waals surface area contributed by atoms with Crippen molar-refractivity contribution in [3.63, 3.8) is 0 Å². The summed E-state index contributed by atoms with van der Waals surface area (Å²) >= 11 is 0. The molecule has 3 rings (SSSR count). The fourth-order valence-corrected chi connectivity index (χ4v) is 2.78. The number of halogens is 1. The van der Waals surface area contributed by atoms with E-state index < -0.39 is 0 Å². The molecule has 0 atom stereocenters. The van der Waals surface area contributed by atoms with Gasteiger partial charge in [0.05, 0.1) is 0 Å². The number of piperazine rings is 1. The van der Waals surface area contributed by atoms with Crippen molar-refractivity contribution < 1.29 is 14.0 Å². The first-order valence-corrected chi connectivity index (χ1v) is 8.50. The van der Waals surface area contributed by atoms with Crippen molar-refractivity contribution in [2.24, 2.45) is 0 Å². The molecule has 1 saturated heterocycles. The van der Waals surface area contributed by atoms with Gasteiger partial charge in [0.1, 0.15) is 11.5 Å². The maximum Gasteiger partial charge on any atom is 0.272 e. The minimum atomic E-state index is -0.372. The Morgan fingerprint density at radius 2 is 1.88 bits per heavy atom. The maximum atomic E-state index is 13.6. The van der Waals surface area contributed by atoms with Crippen molar-refractivity contribution in [3.8, 4) is 0 Å². The molecule has 2 aromatic rings. The number of benzene rings is 1. The first-order chi connectivity index (χ1) is 12.5. The van der Waals surface area contributed by atoms with Crippen LogP contribution in [0.15, 0.2) is 42.6 Å². The predicted octanol–water partition coefficient (Wildman–Crippen LogP) is 1.54. The average Bonchev–Trinajstić information content (AvgIpc) is 2.67. The molecule has 0 bridgehead atoms. The number of rotatable bonds is 4. The van der Waals surface area contributed by atoms with Crippen LogP contribution in [0.1, 0.15) is 26.4 Å². The van der Waals surface area contributed by atoms with E-state index in [1.54, 1.807) is 23.1 Å². The van der Waals surface area contributed by atoms with Gasteiger partial charge in [-0.15, -0.1) is 0 Å². The number of hydrogen-bond acceptors (Lipinski definition) is 4. The molecule has 1 aliphatic rings. The SMILES string of the molecule is CN1CCN(C(=O)c2cc(C(=O)NCc3ccccc3F)ccn2)CC1. The summed E-state index contributed by atoms with van der Waals surface area (Å²) in [6.07, 6.45) is 1.45. The zero-order valence-electron chi connectivity index (χ0n) is 14.6. The van der Waals surface area contributed by atoms with Crippen LogP contribution >= 0.6 is 0 Å². The van der Waals surface area contributed by atoms with Gasteiger partial charge in [-0.25, -0.2) is 4.39 Å². The molecule has 6 nitrogen and oxygen atoms in total. The Morgan fingerprint density at radius 3 is 2.62 bits per heavy atom. The Morgan fingerprint density at radius 1 is 1.15 bits per heavy atom. The van der Waals surface area contributed by atoms with Gasteiger partial charge in [-0.1, -0.05) is 18.2 Å². The molecule has 0 unspecified atom stereocenters. The summed E-state index contributed by atoms with van der Waals surface area (Å²) in [5.41, 5.74) is 0.977. The fraction of sp³-hybridized carbons (Fsp3) is 0.316. The highest BCUT2D eigenvalue weighted by Gasteiger charge is 2.22. The lowest BCUT2D eigenvalue weighted by atomic mass is 10.1. The Balaban J connectivity index is 1.65. The van der Waals surface area contributed by atoms with Crippen molar-refractivity contribution in [1.82, 2.24) is 20.1 Å². The molecule has 0 radical (unpaired) electrons. The molecular formula is C19H21FN4O2. The lowest BCUT2D eigenvalue weighted by Gasteiger charge is -2.32. The topological polar surface area (TPSA) is 65.5 Å². The molecule has 0 spiro atoms. The third kappa shape index (κ3) is 4.23. The lowest BCUT2D eigenvalue weighted by Crippen LogP contribution is -2.47. The van der Waals surface area contributed by atoms with E-state index in [4.69, 9.17) is 0 Å². The summed E-state index contributed by atoms with van der Waals surface area (Å²) in [6.45, 7) is 2.99. The highest BCUT2D eigenvalue weighted by Crippen LogP contribution is 2.10. The molecule has 26 heavy (non-hydrogen) atoms. The number of carbonyl (C=O) groups excluding carboxylic acids is 2. The Bertz CT molecular complexity index is 804. The lowest BCUT2D eigenvalue weighted by molar-refractivity contribution is 0.0658. The van der Waals surface area contributed by atoms with E-state index >= 15 is 0 Å². The molecule has 1 aliphatic heterocycles. The van der Waals surface area contributed by atoms with Crippen LogP contribution in [0.2, 0.25) is 0 Å². The number of aromatic nitrogens is 1. The van der Waals surface area contributed by atoms with Crippen LogP contribution < -0.4 is 5.32 Å². The largest absolute Gasteiger partial charge is 0.348 e. The van der Waals surface area contributed by atoms with Gasteiger partial charge >= 0.3 is 0 Å². The minimum absolute atomic E-state index is 0.0789. The molecule has 2 heterocycles. The molecule has 1 aromatic carbocycles. The number of nitrogens with one attached hydrogen (secondary N) is 1. The number of hydrogen-bond donors (Lipinski definition) is 1. The van der Waals surface area contributed by atoms with Crippen LogP contribution in [-0.4, -0.2) is 59.8 Å². The van der Waals surface area contributed by atoms with Crippen molar-refractivity contribution in [3.05, 3.63) is 65.2 Å². The van der Waals surface area contributed by atoms with E-state index in [1.165, 1.54) is 24.4 Å². The first-order valence-electron chi connectivity index (χ1n) is 8.50. The van der Waals surface area contributed by atoms with Crippen molar-refractivity contribution in [1.29, 1.82) is 0 Å². The van der Waals surface area contributed by atoms with Crippen molar-refractivity contribution in [2.75, 3.05) is 33.2 Å². The van der Waals surface area contributed by atoms with Crippen molar-refractivity contribution >= 4 is 11.8 Å². The Kier molecular flexibility index (Phi) is 5.58. The second-order valence-corrected chi connectivity index (χ2v) is 6.30. The first kappa shape index (κ1) is 18.0. The fourth-order valence-electron chi connectivity index (χ4n) is 2.78. The molecule has 0 saturated carbocycles. The van der Waals surface area contributed by atoms with Gasteiger partial charge in [-0.3, -0.25) is 14.6 Å². The second kappa shape index (κ2) is 8.05. The van der Waals surface area contributed by atoms with E-state index in [-0.39, 0.29) is 29.9 Å². The standard InChI is InChI=1S/C19H21FN4O2/c1-23-8-10-24(11-9-23)19(26)17-12-14(6-7-21-17)18(25)22-13-15-4-2-3-5-16(15)20/h2-7,12H,8-11,13H2,1H3,(H,22,25). The summed E-state index contributed by atoms with van der Waals surface area (Å²) < 4.78 is 13.6. The summed E-state index contributed by atoms with van der Waals surface area (Å²) in [6, 6.07) is 9.30. The molecule has 136 valence electrons. The van der Waals surface area contributed by atoms with Crippen LogP contribution in [0.4, 0.5) is 4.39 Å². The Hall–Kier alpha value is -2.80. The van der Waals surface area contributed by atoms with Gasteiger partial charge in [0.15, 0.2) is 0 Å². The molecular weight excluding hydrogens is 335 g/mol. The highest BCUT2D eigenvalue weighted by molar-refractivity contribution is 5.98. The number of amides is 2. The van der Waals surface area contributed by atoms with Crippen LogP contribution in [0.5, 0.6) is 0 Å². The van der Waals surface area contributed by atoms with E-state index in [0.29, 0.717) is 24.2 Å². The van der Waals surface area contributed by atoms with Crippen LogP contribution in [0, 0.1) is 5.82 Å². The average molecular weight is 356 g/mol. The minimum Gasteiger partial charge on any atom is -0.348 e. The van der Waals surface area contributed by atoms with Gasteiger partial charge in [0.2, 0.25) is 0 Å². The summed E-state index contributed by atoms with van der Waals surface area (Å²) in [7, 11) is 2.01. The molecule has 1 aromatic heterocycles. The van der Waals surface area contributed by atoms with Gasteiger partial charge in [-0.05, 0) is 25.2 Å². The second-order valence-electron chi connectivity index (χ2n) is 6.30. The zero-order chi connectivity index (χ0) is 18.5. The normalized spacial score (nSPS) is 14.9. The van der Waals surface area contributed by atoms with E-state index in [0.717, 1.165) is 13.1 Å². The molecule has 7 heteroatoms. The maximum absolute atomic E-state index is 13.6. The number of pyridine rings is 1. The van der Waals surface area contributed by atoms with Crippen LogP contribution in [-0.2, 0) is 6.54 Å². The van der Waals surface area contributed by atoms with Crippen molar-refractivity contribution in [2.45, 2.75) is 6.54 Å². The van der Waals surface area contributed by atoms with E-state index in [9.17, 15) is 14.0 Å². The molecule has 1 fully saturated rings. The van der Waals surface area contributed by atoms with Crippen LogP contribution in [0.3, 0.4) is 0 Å². The van der Waals surface area contributed by atoms with Crippen LogP contribution in [0.25, 0.3) is 0 Å². The van der Waals surface area contributed by atoms with E-state index in [2.05, 4.69) is 15.2 Å². The third-order valence-corrected chi connectivity index (χ3v) is 4.43. The number of carbonyl (C=O) groups is 2. The summed E-state index contributed by atoms with van der Waals surface area (Å²) in [4.78, 5) is 32.9. The van der Waals surface area contributed by atoms with Gasteiger partial charge in [0.25, 0.3) is 11.8 Å². The quantitative estimate of drug-likeness (QED) is 0.903. The number of likely N-dealkylation sites (N-methyl/N-ethyl adjacent to an activating group) is 1. The van der Waals surface area contributed by atoms with Gasteiger partial charge in [-0.2, -0.15) is 0 Å². The van der Waals surface area contributed by atoms with Gasteiger partial charge < -0.3 is 15.1 Å². The highest BCUT2D eigenvalue weighted by atomic mass is 19.1. The Labute approximate surface area is 151 Å². The molecule has 1 N–H and O–H groups in total. The monoisotopic (exact) mass is 356 g/mol. The molecule has 2 amide bonds. The number of nitrogens with zero attached hydrogens (tertiary/aromatic N) is 3. The van der Waals surface area contributed by atoms with E-state index in [1.807, 2.05) is 7.05 Å². The molecule has 0 aliphatic carbocycles. The van der Waals surface area contributed by atoms with Gasteiger partial charge in [0, 0.05) is 50.0 Å². The zero-order valence-corrected chi connectivity index (χ0v) is 14.6. The summed E-state index contributed by atoms with van der Waals surface area (Å²) in [5, 5.41) is 2.67. The summed E-state index contributed by atoms with van der Waals surface area (Å²) in [5.74, 6) is -0.918. The third-order valence-electron chi connectivity index (χ3n) is 4.43. The smallest absolute Gasteiger partial charge is 0.272 e.